The van der Waals surface area contributed by atoms with Crippen molar-refractivity contribution in [3.8, 4) is 11.1 Å². The summed E-state index contributed by atoms with van der Waals surface area (Å²) in [7, 11) is 0. The summed E-state index contributed by atoms with van der Waals surface area (Å²) in [5.41, 5.74) is 6.42. The molecule has 0 unspecified atom stereocenters. The van der Waals surface area contributed by atoms with Crippen LogP contribution >= 0.6 is 0 Å². The molecule has 1 atom stereocenters. The summed E-state index contributed by atoms with van der Waals surface area (Å²) >= 11 is 0. The lowest BCUT2D eigenvalue weighted by Crippen LogP contribution is -2.32. The standard InChI is InChI=1S/C36H34N4O2/c1-2-31-32(29-21-11-19-27-18-9-10-20-28(27)29)33-34(39-30(36(41)42)23-26-15-7-4-8-16-26)37-24-38-35(33)40(31)22-12-17-25-13-5-3-6-14-25/h3-11,13-16,18-21,24,30H,2,12,17,22-23H2,1H3,(H,41,42)(H,37,38,39)/t30-/m1/s1. The Morgan fingerprint density at radius 3 is 2.29 bits per heavy atom. The monoisotopic (exact) mass is 554 g/mol. The Morgan fingerprint density at radius 2 is 1.55 bits per heavy atom. The molecule has 0 fully saturated rings. The number of fused-ring (bicyclic) bond motifs is 2. The second kappa shape index (κ2) is 12.3. The van der Waals surface area contributed by atoms with E-state index in [0.29, 0.717) is 12.2 Å². The molecule has 4 aromatic carbocycles. The normalized spacial score (nSPS) is 12.0. The van der Waals surface area contributed by atoms with Crippen LogP contribution in [-0.4, -0.2) is 31.7 Å². The summed E-state index contributed by atoms with van der Waals surface area (Å²) in [4.78, 5) is 21.9. The SMILES string of the molecule is CCc1c(-c2cccc3ccccc23)c2c(N[C@H](Cc3ccccc3)C(=O)O)ncnc2n1CCCc1ccccc1. The summed E-state index contributed by atoms with van der Waals surface area (Å²) in [6.45, 7) is 2.97. The van der Waals surface area contributed by atoms with E-state index in [1.54, 1.807) is 6.33 Å². The minimum absolute atomic E-state index is 0.337. The first-order valence-corrected chi connectivity index (χ1v) is 14.6. The highest BCUT2D eigenvalue weighted by Crippen LogP contribution is 2.41. The number of hydrogen-bond acceptors (Lipinski definition) is 4. The van der Waals surface area contributed by atoms with Crippen molar-refractivity contribution in [2.45, 2.75) is 45.2 Å². The van der Waals surface area contributed by atoms with Gasteiger partial charge in [0.05, 0.1) is 5.39 Å². The number of aliphatic carboxylic acids is 1. The first-order valence-electron chi connectivity index (χ1n) is 14.6. The van der Waals surface area contributed by atoms with Gasteiger partial charge in [-0.3, -0.25) is 0 Å². The molecule has 2 N–H and O–H groups in total. The van der Waals surface area contributed by atoms with Gasteiger partial charge in [-0.2, -0.15) is 0 Å². The van der Waals surface area contributed by atoms with E-state index in [-0.39, 0.29) is 0 Å². The third-order valence-electron chi connectivity index (χ3n) is 7.92. The maximum absolute atomic E-state index is 12.5. The van der Waals surface area contributed by atoms with E-state index in [9.17, 15) is 9.90 Å². The second-order valence-corrected chi connectivity index (χ2v) is 10.6. The number of carboxylic acids is 1. The van der Waals surface area contributed by atoms with Gasteiger partial charge in [0.25, 0.3) is 0 Å². The number of rotatable bonds is 11. The molecule has 42 heavy (non-hydrogen) atoms. The Hall–Kier alpha value is -4.97. The van der Waals surface area contributed by atoms with Gasteiger partial charge in [0, 0.05) is 24.2 Å². The molecule has 0 aliphatic heterocycles. The van der Waals surface area contributed by atoms with Crippen molar-refractivity contribution >= 4 is 33.6 Å². The quantitative estimate of drug-likeness (QED) is 0.173. The minimum atomic E-state index is -0.921. The number of nitrogens with zero attached hydrogens (tertiary/aromatic N) is 3. The molecule has 0 bridgehead atoms. The number of benzene rings is 4. The highest BCUT2D eigenvalue weighted by Gasteiger charge is 2.26. The van der Waals surface area contributed by atoms with Crippen LogP contribution in [-0.2, 0) is 30.6 Å². The predicted octanol–water partition coefficient (Wildman–Crippen LogP) is 7.55. The summed E-state index contributed by atoms with van der Waals surface area (Å²) in [6, 6.07) is 34.1. The summed E-state index contributed by atoms with van der Waals surface area (Å²) in [6.07, 6.45) is 4.60. The van der Waals surface area contributed by atoms with Gasteiger partial charge in [-0.25, -0.2) is 14.8 Å². The maximum atomic E-state index is 12.5. The molecule has 0 saturated carbocycles. The molecule has 6 rings (SSSR count). The van der Waals surface area contributed by atoms with Crippen molar-refractivity contribution in [2.24, 2.45) is 0 Å². The number of nitrogens with one attached hydrogen (secondary N) is 1. The molecule has 210 valence electrons. The lowest BCUT2D eigenvalue weighted by atomic mass is 9.95. The highest BCUT2D eigenvalue weighted by molar-refractivity contribution is 6.09. The van der Waals surface area contributed by atoms with E-state index in [4.69, 9.17) is 4.98 Å². The number of carboxylic acid groups (broad SMARTS) is 1. The van der Waals surface area contributed by atoms with Gasteiger partial charge in [0.1, 0.15) is 23.8 Å². The third kappa shape index (κ3) is 5.48. The van der Waals surface area contributed by atoms with E-state index in [2.05, 4.69) is 88.5 Å². The molecule has 6 nitrogen and oxygen atoms in total. The van der Waals surface area contributed by atoms with E-state index in [1.165, 1.54) is 11.3 Å². The Kier molecular flexibility index (Phi) is 7.95. The van der Waals surface area contributed by atoms with Crippen LogP contribution in [0.15, 0.2) is 109 Å². The topological polar surface area (TPSA) is 80.0 Å². The van der Waals surface area contributed by atoms with Crippen molar-refractivity contribution in [1.29, 1.82) is 0 Å². The van der Waals surface area contributed by atoms with Gasteiger partial charge in [-0.1, -0.05) is 110 Å². The molecule has 0 amide bonds. The molecule has 2 heterocycles. The number of aromatic nitrogens is 3. The van der Waals surface area contributed by atoms with Crippen molar-refractivity contribution in [1.82, 2.24) is 14.5 Å². The number of anilines is 1. The zero-order chi connectivity index (χ0) is 28.9. The fourth-order valence-corrected chi connectivity index (χ4v) is 5.97. The van der Waals surface area contributed by atoms with Crippen LogP contribution in [0.5, 0.6) is 0 Å². The average molecular weight is 555 g/mol. The lowest BCUT2D eigenvalue weighted by molar-refractivity contribution is -0.137. The largest absolute Gasteiger partial charge is 0.480 e. The maximum Gasteiger partial charge on any atom is 0.326 e. The first kappa shape index (κ1) is 27.2. The number of hydrogen-bond donors (Lipinski definition) is 2. The predicted molar refractivity (Wildman–Crippen MR) is 170 cm³/mol. The molecule has 0 spiro atoms. The Bertz CT molecular complexity index is 1830. The minimum Gasteiger partial charge on any atom is -0.480 e. The summed E-state index contributed by atoms with van der Waals surface area (Å²) < 4.78 is 2.31. The Labute approximate surface area is 245 Å². The Balaban J connectivity index is 1.50. The fourth-order valence-electron chi connectivity index (χ4n) is 5.97. The summed E-state index contributed by atoms with van der Waals surface area (Å²) in [5, 5.41) is 16.7. The van der Waals surface area contributed by atoms with E-state index in [1.807, 2.05) is 36.4 Å². The highest BCUT2D eigenvalue weighted by atomic mass is 16.4. The van der Waals surface area contributed by atoms with Gasteiger partial charge in [0.15, 0.2) is 0 Å². The van der Waals surface area contributed by atoms with E-state index >= 15 is 0 Å². The van der Waals surface area contributed by atoms with E-state index in [0.717, 1.165) is 64.3 Å². The van der Waals surface area contributed by atoms with Gasteiger partial charge < -0.3 is 15.0 Å². The zero-order valence-corrected chi connectivity index (χ0v) is 23.7. The van der Waals surface area contributed by atoms with Crippen molar-refractivity contribution in [3.05, 3.63) is 126 Å². The van der Waals surface area contributed by atoms with Gasteiger partial charge >= 0.3 is 5.97 Å². The van der Waals surface area contributed by atoms with Crippen LogP contribution in [0.1, 0.15) is 30.2 Å². The average Bonchev–Trinajstić information content (AvgIpc) is 3.35. The number of aryl methyl sites for hydroxylation is 2. The molecule has 0 saturated heterocycles. The van der Waals surface area contributed by atoms with Crippen LogP contribution < -0.4 is 5.32 Å². The van der Waals surface area contributed by atoms with E-state index < -0.39 is 12.0 Å². The smallest absolute Gasteiger partial charge is 0.326 e. The van der Waals surface area contributed by atoms with Crippen LogP contribution in [0.3, 0.4) is 0 Å². The van der Waals surface area contributed by atoms with Crippen LogP contribution in [0.4, 0.5) is 5.82 Å². The molecular weight excluding hydrogens is 520 g/mol. The van der Waals surface area contributed by atoms with Gasteiger partial charge in [-0.15, -0.1) is 0 Å². The van der Waals surface area contributed by atoms with Crippen molar-refractivity contribution in [3.63, 3.8) is 0 Å². The van der Waals surface area contributed by atoms with Gasteiger partial charge in [0.2, 0.25) is 0 Å². The Morgan fingerprint density at radius 1 is 0.857 bits per heavy atom. The van der Waals surface area contributed by atoms with Crippen LogP contribution in [0, 0.1) is 0 Å². The molecule has 2 aromatic heterocycles. The zero-order valence-electron chi connectivity index (χ0n) is 23.7. The van der Waals surface area contributed by atoms with Crippen molar-refractivity contribution < 1.29 is 9.90 Å². The second-order valence-electron chi connectivity index (χ2n) is 10.6. The summed E-state index contributed by atoms with van der Waals surface area (Å²) in [5.74, 6) is -0.377. The third-order valence-corrected chi connectivity index (χ3v) is 7.92. The van der Waals surface area contributed by atoms with Gasteiger partial charge in [-0.05, 0) is 46.7 Å². The molecule has 0 aliphatic rings. The van der Waals surface area contributed by atoms with Crippen molar-refractivity contribution in [2.75, 3.05) is 5.32 Å². The molecule has 0 aliphatic carbocycles. The molecular formula is C36H34N4O2. The molecule has 0 radical (unpaired) electrons. The lowest BCUT2D eigenvalue weighted by Gasteiger charge is -2.17. The molecule has 6 heteroatoms. The number of carbonyl (C=O) groups is 1. The fraction of sp³-hybridized carbons (Fsp3) is 0.194. The van der Waals surface area contributed by atoms with Crippen LogP contribution in [0.2, 0.25) is 0 Å². The van der Waals surface area contributed by atoms with Crippen LogP contribution in [0.25, 0.3) is 32.9 Å². The first-order chi connectivity index (χ1) is 20.6. The molecule has 6 aromatic rings.